The molecule has 33 heavy (non-hydrogen) atoms. The number of halogens is 8. The lowest BCUT2D eigenvalue weighted by molar-refractivity contribution is -0.143. The van der Waals surface area contributed by atoms with Crippen LogP contribution in [-0.4, -0.2) is 15.9 Å². The van der Waals surface area contributed by atoms with Crippen molar-refractivity contribution in [1.29, 1.82) is 0 Å². The number of benzene rings is 2. The maximum Gasteiger partial charge on any atom is 0.416 e. The predicted octanol–water partition coefficient (Wildman–Crippen LogP) is 6.00. The zero-order valence-corrected chi connectivity index (χ0v) is 16.9. The highest BCUT2D eigenvalue weighted by atomic mass is 35.5. The molecule has 12 heteroatoms. The summed E-state index contributed by atoms with van der Waals surface area (Å²) in [5.41, 5.74) is 1.44. The Morgan fingerprint density at radius 1 is 0.939 bits per heavy atom. The van der Waals surface area contributed by atoms with E-state index in [0.29, 0.717) is 12.1 Å². The molecule has 2 aromatic carbocycles. The van der Waals surface area contributed by atoms with Gasteiger partial charge in [0.15, 0.2) is 5.82 Å². The molecule has 4 nitrogen and oxygen atoms in total. The number of aromatic nitrogens is 2. The molecule has 1 heterocycles. The molecule has 0 bridgehead atoms. The van der Waals surface area contributed by atoms with Crippen LogP contribution >= 0.6 is 11.6 Å². The van der Waals surface area contributed by atoms with Gasteiger partial charge in [-0.2, -0.15) is 26.3 Å². The van der Waals surface area contributed by atoms with Gasteiger partial charge < -0.3 is 5.73 Å². The maximum absolute atomic E-state index is 13.8. The molecule has 0 aliphatic rings. The van der Waals surface area contributed by atoms with Crippen LogP contribution in [0.4, 0.5) is 30.7 Å². The van der Waals surface area contributed by atoms with Gasteiger partial charge in [-0.1, -0.05) is 17.7 Å². The van der Waals surface area contributed by atoms with E-state index in [1.807, 2.05) is 0 Å². The lowest BCUT2D eigenvalue weighted by atomic mass is 10.0. The zero-order valence-electron chi connectivity index (χ0n) is 16.1. The number of alkyl halides is 6. The lowest BCUT2D eigenvalue weighted by Gasteiger charge is -2.14. The predicted molar refractivity (Wildman–Crippen MR) is 106 cm³/mol. The Morgan fingerprint density at radius 3 is 2.06 bits per heavy atom. The molecule has 1 amide bonds. The van der Waals surface area contributed by atoms with E-state index in [1.54, 1.807) is 0 Å². The van der Waals surface area contributed by atoms with Gasteiger partial charge in [-0.05, 0) is 48.0 Å². The van der Waals surface area contributed by atoms with Crippen LogP contribution in [0.25, 0.3) is 23.0 Å². The van der Waals surface area contributed by atoms with Gasteiger partial charge in [0.1, 0.15) is 5.82 Å². The van der Waals surface area contributed by atoms with Crippen molar-refractivity contribution in [2.24, 2.45) is 5.73 Å². The minimum Gasteiger partial charge on any atom is -0.366 e. The van der Waals surface area contributed by atoms with Crippen molar-refractivity contribution in [2.45, 2.75) is 12.4 Å². The van der Waals surface area contributed by atoms with Crippen molar-refractivity contribution >= 4 is 29.2 Å². The Labute approximate surface area is 186 Å². The number of hydrogen-bond acceptors (Lipinski definition) is 3. The number of primary amides is 1. The monoisotopic (exact) mass is 489 g/mol. The first-order valence-electron chi connectivity index (χ1n) is 8.85. The normalized spacial score (nSPS) is 12.7. The van der Waals surface area contributed by atoms with Gasteiger partial charge in [-0.3, -0.25) is 4.79 Å². The number of rotatable bonds is 4. The summed E-state index contributed by atoms with van der Waals surface area (Å²) in [4.78, 5) is 19.5. The van der Waals surface area contributed by atoms with Crippen LogP contribution in [0, 0.1) is 5.82 Å². The van der Waals surface area contributed by atoms with Gasteiger partial charge in [0.05, 0.1) is 21.8 Å². The molecule has 0 spiro atoms. The molecule has 1 aromatic heterocycles. The van der Waals surface area contributed by atoms with E-state index < -0.39 is 46.6 Å². The molecule has 3 aromatic rings. The molecule has 0 aliphatic heterocycles. The van der Waals surface area contributed by atoms with Gasteiger partial charge in [0, 0.05) is 17.3 Å². The summed E-state index contributed by atoms with van der Waals surface area (Å²) in [6.45, 7) is 0. The molecule has 0 aliphatic carbocycles. The maximum atomic E-state index is 13.8. The Hall–Kier alpha value is -3.47. The Morgan fingerprint density at radius 2 is 1.55 bits per heavy atom. The number of hydrogen-bond donors (Lipinski definition) is 1. The van der Waals surface area contributed by atoms with Crippen molar-refractivity contribution in [3.05, 3.63) is 81.9 Å². The number of carbonyl (C=O) groups is 1. The van der Waals surface area contributed by atoms with Crippen LogP contribution in [0.3, 0.4) is 0 Å². The number of nitrogens with two attached hydrogens (primary N) is 1. The van der Waals surface area contributed by atoms with E-state index in [0.717, 1.165) is 18.3 Å². The Kier molecular flexibility index (Phi) is 6.46. The van der Waals surface area contributed by atoms with E-state index in [-0.39, 0.29) is 27.9 Å². The summed E-state index contributed by atoms with van der Waals surface area (Å²) in [6, 6.07) is 5.57. The first-order chi connectivity index (χ1) is 15.3. The standard InChI is InChI=1S/C21H11ClF7N3O/c22-16-2-1-10(7-17(16)23)15(18(30)33)9-14-3-4-31-19(32-14)11-5-12(20(24,25)26)8-13(6-11)21(27,28)29/h1-9H,(H2,30,33)/b15-9+. The molecule has 0 saturated heterocycles. The highest BCUT2D eigenvalue weighted by Crippen LogP contribution is 2.38. The quantitative estimate of drug-likeness (QED) is 0.361. The van der Waals surface area contributed by atoms with E-state index in [4.69, 9.17) is 17.3 Å². The largest absolute Gasteiger partial charge is 0.416 e. The van der Waals surface area contributed by atoms with Crippen LogP contribution in [0.15, 0.2) is 48.7 Å². The summed E-state index contributed by atoms with van der Waals surface area (Å²) in [6.07, 6.45) is -7.94. The minimum absolute atomic E-state index is 0.0203. The molecule has 0 fully saturated rings. The highest BCUT2D eigenvalue weighted by Gasteiger charge is 2.37. The molecular formula is C21H11ClF7N3O. The Bertz CT molecular complexity index is 1220. The van der Waals surface area contributed by atoms with Gasteiger partial charge in [-0.15, -0.1) is 0 Å². The van der Waals surface area contributed by atoms with Gasteiger partial charge in [-0.25, -0.2) is 14.4 Å². The van der Waals surface area contributed by atoms with Crippen molar-refractivity contribution < 1.29 is 35.5 Å². The third kappa shape index (κ3) is 5.67. The van der Waals surface area contributed by atoms with Crippen LogP contribution in [0.5, 0.6) is 0 Å². The fourth-order valence-electron chi connectivity index (χ4n) is 2.78. The molecule has 172 valence electrons. The fraction of sp³-hybridized carbons (Fsp3) is 0.0952. The van der Waals surface area contributed by atoms with Crippen LogP contribution in [0.1, 0.15) is 22.4 Å². The lowest BCUT2D eigenvalue weighted by Crippen LogP contribution is -2.13. The van der Waals surface area contributed by atoms with Gasteiger partial charge >= 0.3 is 12.4 Å². The molecule has 0 radical (unpaired) electrons. The molecule has 2 N–H and O–H groups in total. The van der Waals surface area contributed by atoms with Crippen LogP contribution in [0.2, 0.25) is 5.02 Å². The molecule has 0 saturated carbocycles. The molecular weight excluding hydrogens is 479 g/mol. The first-order valence-corrected chi connectivity index (χ1v) is 9.23. The summed E-state index contributed by atoms with van der Waals surface area (Å²) in [7, 11) is 0. The van der Waals surface area contributed by atoms with E-state index in [9.17, 15) is 35.5 Å². The van der Waals surface area contributed by atoms with Crippen molar-refractivity contribution in [3.8, 4) is 11.4 Å². The number of carbonyl (C=O) groups excluding carboxylic acids is 1. The number of amides is 1. The Balaban J connectivity index is 2.13. The third-order valence-corrected chi connectivity index (χ3v) is 4.62. The highest BCUT2D eigenvalue weighted by molar-refractivity contribution is 6.31. The van der Waals surface area contributed by atoms with E-state index >= 15 is 0 Å². The van der Waals surface area contributed by atoms with Crippen molar-refractivity contribution in [1.82, 2.24) is 9.97 Å². The summed E-state index contributed by atoms with van der Waals surface area (Å²) in [5.74, 6) is -2.30. The third-order valence-electron chi connectivity index (χ3n) is 4.31. The first kappa shape index (κ1) is 24.2. The molecule has 0 unspecified atom stereocenters. The van der Waals surface area contributed by atoms with Gasteiger partial charge in [0.25, 0.3) is 0 Å². The topological polar surface area (TPSA) is 68.9 Å². The van der Waals surface area contributed by atoms with E-state index in [1.165, 1.54) is 18.2 Å². The summed E-state index contributed by atoms with van der Waals surface area (Å²) >= 11 is 5.61. The summed E-state index contributed by atoms with van der Waals surface area (Å²) in [5, 5.41) is -0.211. The second-order valence-corrected chi connectivity index (χ2v) is 7.06. The average Bonchev–Trinajstić information content (AvgIpc) is 2.72. The molecule has 0 atom stereocenters. The SMILES string of the molecule is NC(=O)/C(=C/c1ccnc(-c2cc(C(F)(F)F)cc(C(F)(F)F)c2)n1)c1ccc(Cl)c(F)c1. The van der Waals surface area contributed by atoms with Crippen molar-refractivity contribution in [3.63, 3.8) is 0 Å². The number of nitrogens with zero attached hydrogens (tertiary/aromatic N) is 2. The zero-order chi connectivity index (χ0) is 24.6. The van der Waals surface area contributed by atoms with Crippen molar-refractivity contribution in [2.75, 3.05) is 0 Å². The fourth-order valence-corrected chi connectivity index (χ4v) is 2.90. The van der Waals surface area contributed by atoms with Crippen LogP contribution < -0.4 is 5.73 Å². The molecule has 3 rings (SSSR count). The van der Waals surface area contributed by atoms with Gasteiger partial charge in [0.2, 0.25) is 5.91 Å². The minimum atomic E-state index is -5.05. The summed E-state index contributed by atoms with van der Waals surface area (Å²) < 4.78 is 92.6. The smallest absolute Gasteiger partial charge is 0.366 e. The van der Waals surface area contributed by atoms with Crippen LogP contribution in [-0.2, 0) is 17.1 Å². The second-order valence-electron chi connectivity index (χ2n) is 6.65. The average molecular weight is 490 g/mol. The van der Waals surface area contributed by atoms with E-state index in [2.05, 4.69) is 9.97 Å². The second kappa shape index (κ2) is 8.81.